The molecule has 1 unspecified atom stereocenters. The molecule has 0 saturated carbocycles. The molecule has 0 N–H and O–H groups in total. The number of unbranched alkanes of at least 4 members (excludes halogenated alkanes) is 9. The summed E-state index contributed by atoms with van der Waals surface area (Å²) >= 11 is 2.00. The average molecular weight is 240 g/mol. The molecule has 0 aliphatic carbocycles. The van der Waals surface area contributed by atoms with Gasteiger partial charge in [-0.05, 0) is 11.8 Å². The Morgan fingerprint density at radius 2 is 1.31 bits per heavy atom. The van der Waals surface area contributed by atoms with Crippen LogP contribution in [-0.2, 0) is 0 Å². The second kappa shape index (κ2) is 10.3. The van der Waals surface area contributed by atoms with E-state index in [2.05, 4.69) is 18.4 Å². The van der Waals surface area contributed by atoms with Gasteiger partial charge in [0.2, 0.25) is 0 Å². The van der Waals surface area contributed by atoms with E-state index in [0.717, 1.165) is 5.25 Å². The lowest BCUT2D eigenvalue weighted by atomic mass is 10.1. The molecule has 0 aromatic rings. The van der Waals surface area contributed by atoms with Crippen molar-refractivity contribution in [3.63, 3.8) is 0 Å². The predicted octanol–water partition coefficient (Wildman–Crippen LogP) is 5.93. The molecule has 0 nitrogen and oxygen atoms in total. The third kappa shape index (κ3) is 7.38. The molecule has 16 heavy (non-hydrogen) atoms. The van der Waals surface area contributed by atoms with E-state index >= 15 is 0 Å². The number of hydrogen-bond donors (Lipinski definition) is 0. The van der Waals surface area contributed by atoms with E-state index in [9.17, 15) is 0 Å². The highest BCUT2D eigenvalue weighted by Crippen LogP contribution is 2.28. The quantitative estimate of drug-likeness (QED) is 0.403. The Bertz CT molecular complexity index is 174. The minimum atomic E-state index is 0.869. The fraction of sp³-hybridized carbons (Fsp3) is 0.867. The number of rotatable bonds is 11. The first-order chi connectivity index (χ1) is 7.93. The fourth-order valence-corrected chi connectivity index (χ4v) is 2.87. The minimum Gasteiger partial charge on any atom is -0.127 e. The Hall–Kier alpha value is 0.0900. The molecule has 1 rings (SSSR count). The van der Waals surface area contributed by atoms with E-state index in [0.29, 0.717) is 0 Å². The molecule has 0 amide bonds. The molecule has 1 heteroatoms. The Kier molecular flexibility index (Phi) is 9.07. The average Bonchev–Trinajstić information content (AvgIpc) is 2.23. The topological polar surface area (TPSA) is 0 Å². The van der Waals surface area contributed by atoms with Crippen molar-refractivity contribution in [2.45, 2.75) is 82.8 Å². The summed E-state index contributed by atoms with van der Waals surface area (Å²) in [6.07, 6.45) is 18.3. The third-order valence-corrected chi connectivity index (χ3v) is 4.45. The van der Waals surface area contributed by atoms with Gasteiger partial charge < -0.3 is 0 Å². The van der Waals surface area contributed by atoms with Crippen LogP contribution in [0.15, 0.2) is 11.5 Å². The van der Waals surface area contributed by atoms with Crippen LogP contribution < -0.4 is 0 Å². The van der Waals surface area contributed by atoms with Crippen molar-refractivity contribution < 1.29 is 0 Å². The summed E-state index contributed by atoms with van der Waals surface area (Å²) in [5, 5.41) is 3.09. The lowest BCUT2D eigenvalue weighted by molar-refractivity contribution is 0.551. The van der Waals surface area contributed by atoms with E-state index in [1.165, 1.54) is 70.6 Å². The lowest BCUT2D eigenvalue weighted by Crippen LogP contribution is -2.02. The maximum atomic E-state index is 2.35. The lowest BCUT2D eigenvalue weighted by Gasteiger charge is -2.16. The Morgan fingerprint density at radius 3 is 1.75 bits per heavy atom. The third-order valence-electron chi connectivity index (χ3n) is 3.39. The second-order valence-corrected chi connectivity index (χ2v) is 6.12. The fourth-order valence-electron chi connectivity index (χ4n) is 2.19. The summed E-state index contributed by atoms with van der Waals surface area (Å²) in [6, 6.07) is 0. The normalized spacial score (nSPS) is 18.7. The first-order valence-electron chi connectivity index (χ1n) is 7.25. The molecule has 0 aromatic carbocycles. The van der Waals surface area contributed by atoms with Crippen molar-refractivity contribution in [2.24, 2.45) is 0 Å². The van der Waals surface area contributed by atoms with E-state index < -0.39 is 0 Å². The number of hydrogen-bond acceptors (Lipinski definition) is 1. The molecule has 0 radical (unpaired) electrons. The van der Waals surface area contributed by atoms with Crippen molar-refractivity contribution in [3.05, 3.63) is 11.5 Å². The summed E-state index contributed by atoms with van der Waals surface area (Å²) in [5.41, 5.74) is 0. The van der Waals surface area contributed by atoms with Gasteiger partial charge in [0.1, 0.15) is 0 Å². The smallest absolute Gasteiger partial charge is 0.0276 e. The largest absolute Gasteiger partial charge is 0.127 e. The summed E-state index contributed by atoms with van der Waals surface area (Å²) in [7, 11) is 0. The van der Waals surface area contributed by atoms with Gasteiger partial charge in [0.15, 0.2) is 0 Å². The number of thioether (sulfide) groups is 1. The molecule has 1 heterocycles. The van der Waals surface area contributed by atoms with Crippen molar-refractivity contribution in [3.8, 4) is 0 Å². The Labute approximate surface area is 106 Å². The van der Waals surface area contributed by atoms with Crippen molar-refractivity contribution in [1.29, 1.82) is 0 Å². The van der Waals surface area contributed by atoms with Crippen LogP contribution in [-0.4, -0.2) is 5.25 Å². The van der Waals surface area contributed by atoms with Gasteiger partial charge in [-0.1, -0.05) is 77.2 Å². The molecule has 1 aliphatic rings. The molecule has 1 atom stereocenters. The summed E-state index contributed by atoms with van der Waals surface area (Å²) in [6.45, 7) is 2.29. The molecular weight excluding hydrogens is 212 g/mol. The van der Waals surface area contributed by atoms with Crippen molar-refractivity contribution in [1.82, 2.24) is 0 Å². The van der Waals surface area contributed by atoms with Gasteiger partial charge in [-0.2, -0.15) is 0 Å². The van der Waals surface area contributed by atoms with Crippen LogP contribution in [0.3, 0.4) is 0 Å². The molecule has 94 valence electrons. The van der Waals surface area contributed by atoms with E-state index in [4.69, 9.17) is 0 Å². The standard InChI is InChI=1S/C15H28S/c1-2-3-4-5-6-7-8-9-10-11-12-15-13-14-16-15/h13-15H,2-12H2,1H3. The molecule has 0 aromatic heterocycles. The van der Waals surface area contributed by atoms with Crippen LogP contribution >= 0.6 is 11.8 Å². The second-order valence-electron chi connectivity index (χ2n) is 4.97. The maximum Gasteiger partial charge on any atom is 0.0276 e. The molecule has 0 fully saturated rings. The van der Waals surface area contributed by atoms with E-state index in [1.807, 2.05) is 11.8 Å². The molecule has 1 aliphatic heterocycles. The molecule has 0 spiro atoms. The first kappa shape index (κ1) is 14.2. The minimum absolute atomic E-state index is 0.869. The zero-order chi connectivity index (χ0) is 11.5. The Morgan fingerprint density at radius 1 is 0.812 bits per heavy atom. The van der Waals surface area contributed by atoms with Crippen LogP contribution in [0.2, 0.25) is 0 Å². The first-order valence-corrected chi connectivity index (χ1v) is 8.20. The van der Waals surface area contributed by atoms with Gasteiger partial charge in [0.05, 0.1) is 0 Å². The van der Waals surface area contributed by atoms with Crippen molar-refractivity contribution in [2.75, 3.05) is 0 Å². The van der Waals surface area contributed by atoms with Gasteiger partial charge >= 0.3 is 0 Å². The van der Waals surface area contributed by atoms with Crippen LogP contribution in [0.4, 0.5) is 0 Å². The zero-order valence-electron chi connectivity index (χ0n) is 10.9. The highest BCUT2D eigenvalue weighted by Gasteiger charge is 2.09. The monoisotopic (exact) mass is 240 g/mol. The van der Waals surface area contributed by atoms with Gasteiger partial charge in [0, 0.05) is 5.25 Å². The van der Waals surface area contributed by atoms with Gasteiger partial charge in [-0.3, -0.25) is 0 Å². The van der Waals surface area contributed by atoms with Crippen LogP contribution in [0, 0.1) is 0 Å². The molecule has 0 bridgehead atoms. The van der Waals surface area contributed by atoms with E-state index in [-0.39, 0.29) is 0 Å². The summed E-state index contributed by atoms with van der Waals surface area (Å²) < 4.78 is 0. The summed E-state index contributed by atoms with van der Waals surface area (Å²) in [5.74, 6) is 0. The van der Waals surface area contributed by atoms with Crippen LogP contribution in [0.1, 0.15) is 77.6 Å². The van der Waals surface area contributed by atoms with Gasteiger partial charge in [-0.15, -0.1) is 11.8 Å². The molecule has 0 saturated heterocycles. The zero-order valence-corrected chi connectivity index (χ0v) is 11.7. The van der Waals surface area contributed by atoms with Crippen molar-refractivity contribution >= 4 is 11.8 Å². The Balaban J connectivity index is 1.66. The summed E-state index contributed by atoms with van der Waals surface area (Å²) in [4.78, 5) is 0. The van der Waals surface area contributed by atoms with E-state index in [1.54, 1.807) is 0 Å². The SMILES string of the molecule is CCCCCCCCCCCCC1C=CS1. The van der Waals surface area contributed by atoms with Crippen LogP contribution in [0.25, 0.3) is 0 Å². The highest BCUT2D eigenvalue weighted by atomic mass is 32.2. The van der Waals surface area contributed by atoms with Gasteiger partial charge in [0.25, 0.3) is 0 Å². The van der Waals surface area contributed by atoms with Gasteiger partial charge in [-0.25, -0.2) is 0 Å². The highest BCUT2D eigenvalue weighted by molar-refractivity contribution is 8.04. The maximum absolute atomic E-state index is 2.35. The van der Waals surface area contributed by atoms with Crippen LogP contribution in [0.5, 0.6) is 0 Å². The molecular formula is C15H28S. The predicted molar refractivity (Wildman–Crippen MR) is 77.0 cm³/mol.